The molecule has 36 heavy (non-hydrogen) atoms. The smallest absolute Gasteiger partial charge is 0.302 e. The molecule has 0 N–H and O–H groups in total. The van der Waals surface area contributed by atoms with Gasteiger partial charge in [0.15, 0.2) is 0 Å². The third-order valence-corrected chi connectivity index (χ3v) is 9.23. The molecule has 1 atom stereocenters. The highest BCUT2D eigenvalue weighted by Gasteiger charge is 2.32. The number of carbonyl (C=O) groups is 1. The molecule has 0 aliphatic carbocycles. The van der Waals surface area contributed by atoms with Crippen molar-refractivity contribution in [3.05, 3.63) is 78.9 Å². The Morgan fingerprint density at radius 3 is 2.25 bits per heavy atom. The Morgan fingerprint density at radius 2 is 1.67 bits per heavy atom. The van der Waals surface area contributed by atoms with Crippen LogP contribution >= 0.6 is 7.92 Å². The van der Waals surface area contributed by atoms with Crippen molar-refractivity contribution in [3.63, 3.8) is 0 Å². The number of methoxy groups -OCH3 is 1. The van der Waals surface area contributed by atoms with Crippen molar-refractivity contribution in [3.8, 4) is 5.75 Å². The van der Waals surface area contributed by atoms with Gasteiger partial charge in [-0.25, -0.2) is 0 Å². The lowest BCUT2D eigenvalue weighted by Crippen LogP contribution is -2.43. The minimum atomic E-state index is -0.757. The van der Waals surface area contributed by atoms with Gasteiger partial charge in [-0.1, -0.05) is 79.7 Å². The minimum Gasteiger partial charge on any atom is -0.495 e. The Balaban J connectivity index is 1.71. The van der Waals surface area contributed by atoms with Crippen molar-refractivity contribution in [2.75, 3.05) is 44.8 Å². The molecule has 4 rings (SSSR count). The molecule has 1 heterocycles. The minimum absolute atomic E-state index is 0.220. The van der Waals surface area contributed by atoms with Crippen LogP contribution in [-0.2, 0) is 9.53 Å². The molecular formula is C30H37N2O3P. The maximum atomic E-state index is 11.2. The first-order valence-corrected chi connectivity index (χ1v) is 14.2. The highest BCUT2D eigenvalue weighted by Crippen LogP contribution is 2.42. The summed E-state index contributed by atoms with van der Waals surface area (Å²) in [6.45, 7) is 7.69. The van der Waals surface area contributed by atoms with E-state index in [1.54, 1.807) is 7.11 Å². The van der Waals surface area contributed by atoms with Crippen molar-refractivity contribution >= 4 is 35.5 Å². The molecule has 1 aliphatic rings. The monoisotopic (exact) mass is 504 g/mol. The van der Waals surface area contributed by atoms with Crippen LogP contribution in [0.1, 0.15) is 26.7 Å². The predicted molar refractivity (Wildman–Crippen MR) is 151 cm³/mol. The van der Waals surface area contributed by atoms with Gasteiger partial charge in [0.1, 0.15) is 12.4 Å². The number of likely N-dealkylation sites (N-methyl/N-ethyl adjacent to an activating group) is 1. The quantitative estimate of drug-likeness (QED) is 0.288. The molecule has 0 spiro atoms. The van der Waals surface area contributed by atoms with Crippen molar-refractivity contribution in [2.24, 2.45) is 0 Å². The van der Waals surface area contributed by atoms with Gasteiger partial charge in [-0.3, -0.25) is 9.69 Å². The number of ether oxygens (including phenoxy) is 2. The van der Waals surface area contributed by atoms with E-state index in [2.05, 4.69) is 95.6 Å². The summed E-state index contributed by atoms with van der Waals surface area (Å²) in [5.41, 5.74) is 1.22. The van der Waals surface area contributed by atoms with Crippen molar-refractivity contribution < 1.29 is 14.3 Å². The summed E-state index contributed by atoms with van der Waals surface area (Å²) in [5.74, 6) is 0.712. The lowest BCUT2D eigenvalue weighted by atomic mass is 10.1. The third-order valence-electron chi connectivity index (χ3n) is 6.76. The van der Waals surface area contributed by atoms with Crippen LogP contribution < -0.4 is 25.6 Å². The van der Waals surface area contributed by atoms with Gasteiger partial charge in [-0.15, -0.1) is 0 Å². The molecule has 5 nitrogen and oxygen atoms in total. The lowest BCUT2D eigenvalue weighted by molar-refractivity contribution is -0.141. The van der Waals surface area contributed by atoms with Crippen molar-refractivity contribution in [1.82, 2.24) is 4.90 Å². The fraction of sp³-hybridized carbons (Fsp3) is 0.367. The highest BCUT2D eigenvalue weighted by atomic mass is 31.1. The number of hydrogen-bond acceptors (Lipinski definition) is 5. The van der Waals surface area contributed by atoms with E-state index in [4.69, 9.17) is 9.47 Å². The van der Waals surface area contributed by atoms with E-state index >= 15 is 0 Å². The lowest BCUT2D eigenvalue weighted by Gasteiger charge is -2.35. The second kappa shape index (κ2) is 12.9. The summed E-state index contributed by atoms with van der Waals surface area (Å²) in [4.78, 5) is 16.2. The number of esters is 1. The average Bonchev–Trinajstić information content (AvgIpc) is 3.36. The maximum Gasteiger partial charge on any atom is 0.302 e. The zero-order chi connectivity index (χ0) is 25.3. The molecule has 0 bridgehead atoms. The fourth-order valence-electron chi connectivity index (χ4n) is 5.04. The normalized spacial score (nSPS) is 15.5. The Kier molecular flexibility index (Phi) is 9.38. The fourth-order valence-corrected chi connectivity index (χ4v) is 7.52. The van der Waals surface area contributed by atoms with Crippen LogP contribution in [0, 0.1) is 0 Å². The maximum absolute atomic E-state index is 11.2. The van der Waals surface area contributed by atoms with Gasteiger partial charge in [-0.05, 0) is 44.0 Å². The number of rotatable bonds is 11. The van der Waals surface area contributed by atoms with E-state index < -0.39 is 7.92 Å². The summed E-state index contributed by atoms with van der Waals surface area (Å²) in [7, 11) is 1.02. The predicted octanol–water partition coefficient (Wildman–Crippen LogP) is 4.31. The van der Waals surface area contributed by atoms with Gasteiger partial charge >= 0.3 is 5.97 Å². The van der Waals surface area contributed by atoms with E-state index in [1.807, 2.05) is 0 Å². The molecule has 0 radical (unpaired) electrons. The molecule has 1 fully saturated rings. The molecule has 6 heteroatoms. The number of para-hydroxylation sites is 1. The molecule has 190 valence electrons. The molecule has 1 aliphatic heterocycles. The molecule has 0 saturated carbocycles. The van der Waals surface area contributed by atoms with Crippen LogP contribution in [0.3, 0.4) is 0 Å². The van der Waals surface area contributed by atoms with Crippen LogP contribution in [0.15, 0.2) is 78.9 Å². The first-order chi connectivity index (χ1) is 17.6. The van der Waals surface area contributed by atoms with Gasteiger partial charge in [0.25, 0.3) is 0 Å². The standard InChI is InChI=1S/C30H37N2O3P/c1-4-31(21-22-35-24(2)33)23-25-13-12-20-32(25)30-28(34-3)18-11-19-29(30)36(26-14-7-5-8-15-26)27-16-9-6-10-17-27/h5-11,14-19,25H,4,12-13,20-23H2,1-3H3/t25-/m0/s1. The number of hydrogen-bond donors (Lipinski definition) is 0. The Bertz CT molecular complexity index is 1070. The topological polar surface area (TPSA) is 42.0 Å². The first kappa shape index (κ1) is 26.2. The second-order valence-electron chi connectivity index (χ2n) is 9.06. The highest BCUT2D eigenvalue weighted by molar-refractivity contribution is 7.80. The molecule has 3 aromatic carbocycles. The van der Waals surface area contributed by atoms with Crippen molar-refractivity contribution in [1.29, 1.82) is 0 Å². The zero-order valence-electron chi connectivity index (χ0n) is 21.6. The summed E-state index contributed by atoms with van der Waals surface area (Å²) < 4.78 is 11.2. The molecule has 0 aromatic heterocycles. The SMILES string of the molecule is CCN(CCOC(C)=O)C[C@@H]1CCCN1c1c(OC)cccc1P(c1ccccc1)c1ccccc1. The summed E-state index contributed by atoms with van der Waals surface area (Å²) >= 11 is 0. The van der Waals surface area contributed by atoms with E-state index in [1.165, 1.54) is 28.5 Å². The largest absolute Gasteiger partial charge is 0.495 e. The number of nitrogens with zero attached hydrogens (tertiary/aromatic N) is 2. The Hall–Kier alpha value is -2.88. The zero-order valence-corrected chi connectivity index (χ0v) is 22.5. The summed E-state index contributed by atoms with van der Waals surface area (Å²) in [6.07, 6.45) is 2.29. The number of benzene rings is 3. The van der Waals surface area contributed by atoms with Gasteiger partial charge in [0.2, 0.25) is 0 Å². The third kappa shape index (κ3) is 6.27. The Morgan fingerprint density at radius 1 is 1.00 bits per heavy atom. The van der Waals surface area contributed by atoms with E-state index in [0.717, 1.165) is 44.8 Å². The molecular weight excluding hydrogens is 467 g/mol. The molecule has 3 aromatic rings. The van der Waals surface area contributed by atoms with Gasteiger partial charge in [0.05, 0.1) is 12.8 Å². The molecule has 0 amide bonds. The summed E-state index contributed by atoms with van der Waals surface area (Å²) in [5, 5.41) is 4.00. The van der Waals surface area contributed by atoms with Crippen LogP contribution in [0.4, 0.5) is 5.69 Å². The second-order valence-corrected chi connectivity index (χ2v) is 11.2. The van der Waals surface area contributed by atoms with Gasteiger partial charge in [-0.2, -0.15) is 0 Å². The number of carbonyl (C=O) groups excluding carboxylic acids is 1. The average molecular weight is 505 g/mol. The van der Waals surface area contributed by atoms with Crippen LogP contribution in [0.25, 0.3) is 0 Å². The Labute approximate surface area is 216 Å². The molecule has 1 saturated heterocycles. The van der Waals surface area contributed by atoms with Gasteiger partial charge in [0, 0.05) is 37.9 Å². The van der Waals surface area contributed by atoms with E-state index in [0.29, 0.717) is 12.6 Å². The number of anilines is 1. The van der Waals surface area contributed by atoms with E-state index in [9.17, 15) is 4.79 Å². The van der Waals surface area contributed by atoms with Crippen LogP contribution in [-0.4, -0.2) is 56.8 Å². The van der Waals surface area contributed by atoms with E-state index in [-0.39, 0.29) is 5.97 Å². The van der Waals surface area contributed by atoms with Crippen LogP contribution in [0.2, 0.25) is 0 Å². The summed E-state index contributed by atoms with van der Waals surface area (Å²) in [6, 6.07) is 28.6. The molecule has 0 unspecified atom stereocenters. The van der Waals surface area contributed by atoms with Crippen LogP contribution in [0.5, 0.6) is 5.75 Å². The first-order valence-electron chi connectivity index (χ1n) is 12.8. The van der Waals surface area contributed by atoms with Crippen molar-refractivity contribution in [2.45, 2.75) is 32.7 Å². The van der Waals surface area contributed by atoms with Gasteiger partial charge < -0.3 is 14.4 Å².